The van der Waals surface area contributed by atoms with E-state index in [0.717, 1.165) is 16.8 Å². The first-order valence-corrected chi connectivity index (χ1v) is 12.8. The fraction of sp³-hybridized carbons (Fsp3) is 0.333. The van der Waals surface area contributed by atoms with E-state index >= 15 is 0 Å². The number of hydrogen-bond donors (Lipinski definition) is 2. The summed E-state index contributed by atoms with van der Waals surface area (Å²) >= 11 is 0. The van der Waals surface area contributed by atoms with E-state index in [4.69, 9.17) is 9.47 Å². The van der Waals surface area contributed by atoms with Gasteiger partial charge in [0.2, 0.25) is 5.91 Å². The number of β-amino-alcohol motifs (C(OH)–C–C–N with tert-alkyl or cyclic N) is 1. The maximum Gasteiger partial charge on any atom is 0.254 e. The quantitative estimate of drug-likeness (QED) is 0.550. The highest BCUT2D eigenvalue weighted by atomic mass is 16.5. The standard InChI is InChI=1S/C30H32N2O5/c33-25-18-32(30(35)23-9-5-2-6-10-23)27-16-15-26(37-28(27)20-36-19-25)17-29(34)31-24-13-11-22(12-14-24)21-7-3-1-4-8-21/h1-14,25-28,33H,15-20H2,(H,31,34)/t25-,26+,27-,28+/m0/s1. The van der Waals surface area contributed by atoms with Crippen LogP contribution in [0.15, 0.2) is 84.9 Å². The van der Waals surface area contributed by atoms with E-state index in [1.54, 1.807) is 17.0 Å². The second kappa shape index (κ2) is 11.7. The number of benzene rings is 3. The molecule has 192 valence electrons. The zero-order valence-corrected chi connectivity index (χ0v) is 20.7. The lowest BCUT2D eigenvalue weighted by Crippen LogP contribution is -2.57. The number of carbonyl (C=O) groups excluding carboxylic acids is 2. The highest BCUT2D eigenvalue weighted by Gasteiger charge is 2.40. The zero-order chi connectivity index (χ0) is 25.6. The number of amides is 2. The number of hydrogen-bond acceptors (Lipinski definition) is 5. The smallest absolute Gasteiger partial charge is 0.254 e. The Kier molecular flexibility index (Phi) is 7.94. The van der Waals surface area contributed by atoms with Crippen molar-refractivity contribution in [3.05, 3.63) is 90.5 Å². The van der Waals surface area contributed by atoms with E-state index in [9.17, 15) is 14.7 Å². The largest absolute Gasteiger partial charge is 0.389 e. The highest BCUT2D eigenvalue weighted by Crippen LogP contribution is 2.29. The number of rotatable bonds is 5. The molecule has 0 aromatic heterocycles. The van der Waals surface area contributed by atoms with Gasteiger partial charge in [0.15, 0.2) is 0 Å². The van der Waals surface area contributed by atoms with E-state index in [0.29, 0.717) is 18.4 Å². The number of ether oxygens (including phenoxy) is 2. The number of fused-ring (bicyclic) bond motifs is 1. The zero-order valence-electron chi connectivity index (χ0n) is 20.7. The van der Waals surface area contributed by atoms with Gasteiger partial charge in [-0.1, -0.05) is 60.7 Å². The Hall–Kier alpha value is -3.52. The summed E-state index contributed by atoms with van der Waals surface area (Å²) < 4.78 is 12.0. The van der Waals surface area contributed by atoms with Crippen molar-refractivity contribution < 1.29 is 24.2 Å². The van der Waals surface area contributed by atoms with Gasteiger partial charge < -0.3 is 24.8 Å². The van der Waals surface area contributed by atoms with Crippen LogP contribution in [-0.4, -0.2) is 65.9 Å². The minimum Gasteiger partial charge on any atom is -0.389 e. The monoisotopic (exact) mass is 500 g/mol. The molecule has 7 nitrogen and oxygen atoms in total. The molecule has 7 heteroatoms. The SMILES string of the molecule is O=C(C[C@H]1CC[C@H]2[C@@H](COC[C@@H](O)CN2C(=O)c2ccccc2)O1)Nc1ccc(-c2ccccc2)cc1. The molecule has 2 saturated heterocycles. The first-order valence-electron chi connectivity index (χ1n) is 12.8. The topological polar surface area (TPSA) is 88.1 Å². The summed E-state index contributed by atoms with van der Waals surface area (Å²) in [6.45, 7) is 0.580. The number of anilines is 1. The number of carbonyl (C=O) groups is 2. The van der Waals surface area contributed by atoms with Gasteiger partial charge in [-0.2, -0.15) is 0 Å². The summed E-state index contributed by atoms with van der Waals surface area (Å²) in [5, 5.41) is 13.3. The van der Waals surface area contributed by atoms with Gasteiger partial charge in [0.1, 0.15) is 6.10 Å². The maximum atomic E-state index is 13.3. The fourth-order valence-electron chi connectivity index (χ4n) is 5.12. The molecular formula is C30H32N2O5. The molecule has 3 aromatic rings. The summed E-state index contributed by atoms with van der Waals surface area (Å²) in [5.74, 6) is -0.245. The van der Waals surface area contributed by atoms with Crippen molar-refractivity contribution in [1.82, 2.24) is 4.90 Å². The van der Waals surface area contributed by atoms with Gasteiger partial charge in [0.25, 0.3) is 5.91 Å². The molecule has 0 saturated carbocycles. The van der Waals surface area contributed by atoms with Crippen molar-refractivity contribution in [2.24, 2.45) is 0 Å². The molecule has 3 aromatic carbocycles. The first kappa shape index (κ1) is 25.1. The molecule has 2 aliphatic heterocycles. The molecule has 0 spiro atoms. The van der Waals surface area contributed by atoms with Gasteiger partial charge in [-0.3, -0.25) is 9.59 Å². The highest BCUT2D eigenvalue weighted by molar-refractivity contribution is 5.94. The Balaban J connectivity index is 1.20. The lowest BCUT2D eigenvalue weighted by atomic mass is 9.94. The number of nitrogens with zero attached hydrogens (tertiary/aromatic N) is 1. The van der Waals surface area contributed by atoms with Crippen molar-refractivity contribution in [3.63, 3.8) is 0 Å². The lowest BCUT2D eigenvalue weighted by molar-refractivity contribution is -0.149. The van der Waals surface area contributed by atoms with Gasteiger partial charge in [-0.25, -0.2) is 0 Å². The van der Waals surface area contributed by atoms with Crippen LogP contribution in [0.5, 0.6) is 0 Å². The normalized spacial score (nSPS) is 23.9. The number of aliphatic hydroxyl groups excluding tert-OH is 1. The third-order valence-corrected chi connectivity index (χ3v) is 6.95. The molecule has 2 N–H and O–H groups in total. The molecule has 37 heavy (non-hydrogen) atoms. The lowest BCUT2D eigenvalue weighted by Gasteiger charge is -2.44. The second-order valence-corrected chi connectivity index (χ2v) is 9.65. The molecular weight excluding hydrogens is 468 g/mol. The van der Waals surface area contributed by atoms with Crippen LogP contribution in [0.1, 0.15) is 29.6 Å². The van der Waals surface area contributed by atoms with Gasteiger partial charge >= 0.3 is 0 Å². The van der Waals surface area contributed by atoms with E-state index in [1.165, 1.54) is 0 Å². The van der Waals surface area contributed by atoms with Crippen molar-refractivity contribution in [3.8, 4) is 11.1 Å². The molecule has 0 aliphatic carbocycles. The van der Waals surface area contributed by atoms with Crippen LogP contribution in [0.2, 0.25) is 0 Å². The third-order valence-electron chi connectivity index (χ3n) is 6.95. The van der Waals surface area contributed by atoms with Gasteiger partial charge in [0.05, 0.1) is 37.9 Å². The number of nitrogens with one attached hydrogen (secondary N) is 1. The Morgan fingerprint density at radius 1 is 0.865 bits per heavy atom. The maximum absolute atomic E-state index is 13.3. The Bertz CT molecular complexity index is 1190. The molecule has 0 bridgehead atoms. The van der Waals surface area contributed by atoms with Crippen molar-refractivity contribution in [2.45, 2.75) is 43.6 Å². The summed E-state index contributed by atoms with van der Waals surface area (Å²) in [6, 6.07) is 26.7. The molecule has 2 heterocycles. The summed E-state index contributed by atoms with van der Waals surface area (Å²) in [6.07, 6.45) is 0.131. The van der Waals surface area contributed by atoms with E-state index < -0.39 is 6.10 Å². The van der Waals surface area contributed by atoms with Crippen LogP contribution in [0.25, 0.3) is 11.1 Å². The second-order valence-electron chi connectivity index (χ2n) is 9.65. The predicted molar refractivity (Wildman–Crippen MR) is 141 cm³/mol. The van der Waals surface area contributed by atoms with Crippen LogP contribution in [-0.2, 0) is 14.3 Å². The van der Waals surface area contributed by atoms with E-state index in [2.05, 4.69) is 17.4 Å². The minimum absolute atomic E-state index is 0.115. The average molecular weight is 501 g/mol. The fourth-order valence-corrected chi connectivity index (χ4v) is 5.12. The Morgan fingerprint density at radius 3 is 2.27 bits per heavy atom. The van der Waals surface area contributed by atoms with Crippen molar-refractivity contribution in [2.75, 3.05) is 25.1 Å². The third kappa shape index (κ3) is 6.25. The molecule has 5 rings (SSSR count). The Morgan fingerprint density at radius 2 is 1.54 bits per heavy atom. The minimum atomic E-state index is -0.759. The first-order chi connectivity index (χ1) is 18.1. The summed E-state index contributed by atoms with van der Waals surface area (Å²) in [4.78, 5) is 27.8. The average Bonchev–Trinajstić information content (AvgIpc) is 2.92. The molecule has 2 fully saturated rings. The molecule has 0 unspecified atom stereocenters. The van der Waals surface area contributed by atoms with Crippen molar-refractivity contribution in [1.29, 1.82) is 0 Å². The molecule has 0 radical (unpaired) electrons. The van der Waals surface area contributed by atoms with E-state index in [-0.39, 0.29) is 56.2 Å². The van der Waals surface area contributed by atoms with Crippen LogP contribution in [0.3, 0.4) is 0 Å². The number of aliphatic hydroxyl groups is 1. The van der Waals surface area contributed by atoms with Crippen LogP contribution >= 0.6 is 0 Å². The predicted octanol–water partition coefficient (Wildman–Crippen LogP) is 4.13. The molecule has 2 aliphatic rings. The summed E-state index contributed by atoms with van der Waals surface area (Å²) in [7, 11) is 0. The molecule has 2 amide bonds. The van der Waals surface area contributed by atoms with Gasteiger partial charge in [-0.05, 0) is 48.2 Å². The van der Waals surface area contributed by atoms with Crippen LogP contribution in [0, 0.1) is 0 Å². The van der Waals surface area contributed by atoms with Crippen molar-refractivity contribution >= 4 is 17.5 Å². The molecule has 4 atom stereocenters. The van der Waals surface area contributed by atoms with Gasteiger partial charge in [-0.15, -0.1) is 0 Å². The Labute approximate surface area is 217 Å². The van der Waals surface area contributed by atoms with Crippen LogP contribution < -0.4 is 5.32 Å². The van der Waals surface area contributed by atoms with Crippen LogP contribution in [0.4, 0.5) is 5.69 Å². The van der Waals surface area contributed by atoms with Gasteiger partial charge in [0, 0.05) is 17.8 Å². The summed E-state index contributed by atoms with van der Waals surface area (Å²) in [5.41, 5.74) is 3.53. The van der Waals surface area contributed by atoms with E-state index in [1.807, 2.05) is 60.7 Å².